The van der Waals surface area contributed by atoms with Crippen LogP contribution in [0.5, 0.6) is 5.75 Å². The molecule has 1 N–H and O–H groups in total. The van der Waals surface area contributed by atoms with Crippen molar-refractivity contribution in [2.45, 2.75) is 26.7 Å². The number of rotatable bonds is 7. The Morgan fingerprint density at radius 2 is 1.70 bits per heavy atom. The van der Waals surface area contributed by atoms with Crippen molar-refractivity contribution >= 4 is 29.1 Å². The molecule has 0 unspecified atom stereocenters. The van der Waals surface area contributed by atoms with Gasteiger partial charge in [0, 0.05) is 37.2 Å². The number of carbonyl (C=O) groups excluding carboxylic acids is 3. The summed E-state index contributed by atoms with van der Waals surface area (Å²) in [5, 5.41) is 2.78. The second kappa shape index (κ2) is 9.91. The van der Waals surface area contributed by atoms with E-state index in [0.29, 0.717) is 43.2 Å². The number of ether oxygens (including phenoxy) is 1. The summed E-state index contributed by atoms with van der Waals surface area (Å²) >= 11 is 0. The Kier molecular flexibility index (Phi) is 7.06. The van der Waals surface area contributed by atoms with Crippen molar-refractivity contribution in [3.05, 3.63) is 54.1 Å². The van der Waals surface area contributed by atoms with Gasteiger partial charge in [-0.25, -0.2) is 0 Å². The van der Waals surface area contributed by atoms with E-state index in [1.165, 1.54) is 0 Å². The van der Waals surface area contributed by atoms with E-state index < -0.39 is 0 Å². The first kappa shape index (κ1) is 21.4. The number of hydrogen-bond acceptors (Lipinski definition) is 4. The monoisotopic (exact) mass is 409 g/mol. The summed E-state index contributed by atoms with van der Waals surface area (Å²) < 4.78 is 5.56. The largest absolute Gasteiger partial charge is 0.490 e. The molecule has 1 heterocycles. The van der Waals surface area contributed by atoms with Crippen LogP contribution in [0.2, 0.25) is 0 Å². The number of carbonyl (C=O) groups is 3. The molecule has 0 atom stereocenters. The van der Waals surface area contributed by atoms with Gasteiger partial charge in [0.15, 0.2) is 0 Å². The fourth-order valence-electron chi connectivity index (χ4n) is 3.40. The molecular formula is C23H27N3O4. The van der Waals surface area contributed by atoms with E-state index in [1.807, 2.05) is 38.1 Å². The van der Waals surface area contributed by atoms with Crippen LogP contribution in [0.15, 0.2) is 48.5 Å². The normalized spacial score (nSPS) is 12.5. The molecule has 0 aliphatic carbocycles. The molecule has 30 heavy (non-hydrogen) atoms. The summed E-state index contributed by atoms with van der Waals surface area (Å²) in [5.41, 5.74) is 1.92. The van der Waals surface area contributed by atoms with Gasteiger partial charge in [-0.3, -0.25) is 14.4 Å². The van der Waals surface area contributed by atoms with Gasteiger partial charge in [-0.05, 0) is 50.2 Å². The predicted molar refractivity (Wildman–Crippen MR) is 116 cm³/mol. The van der Waals surface area contributed by atoms with Crippen LogP contribution in [-0.2, 0) is 9.59 Å². The number of nitrogens with zero attached hydrogens (tertiary/aromatic N) is 2. The lowest BCUT2D eigenvalue weighted by molar-refractivity contribution is -0.122. The highest BCUT2D eigenvalue weighted by molar-refractivity contribution is 5.99. The summed E-state index contributed by atoms with van der Waals surface area (Å²) in [6.07, 6.45) is 0.192. The first-order valence-electron chi connectivity index (χ1n) is 10.2. The number of fused-ring (bicyclic) bond motifs is 1. The number of para-hydroxylation sites is 2. The quantitative estimate of drug-likeness (QED) is 0.761. The van der Waals surface area contributed by atoms with E-state index >= 15 is 0 Å². The van der Waals surface area contributed by atoms with E-state index in [0.717, 1.165) is 5.69 Å². The number of amides is 3. The number of anilines is 2. The van der Waals surface area contributed by atoms with Crippen molar-refractivity contribution in [2.24, 2.45) is 0 Å². The summed E-state index contributed by atoms with van der Waals surface area (Å²) in [5.74, 6) is 0.295. The van der Waals surface area contributed by atoms with Gasteiger partial charge in [0.1, 0.15) is 12.4 Å². The molecule has 0 radical (unpaired) electrons. The summed E-state index contributed by atoms with van der Waals surface area (Å²) in [6.45, 7) is 6.08. The summed E-state index contributed by atoms with van der Waals surface area (Å²) in [4.78, 5) is 40.6. The lowest BCUT2D eigenvalue weighted by Crippen LogP contribution is -2.38. The Morgan fingerprint density at radius 1 is 1.00 bits per heavy atom. The molecule has 7 heteroatoms. The van der Waals surface area contributed by atoms with Gasteiger partial charge in [-0.2, -0.15) is 0 Å². The molecule has 2 aromatic rings. The molecule has 1 aliphatic rings. The molecule has 3 rings (SSSR count). The highest BCUT2D eigenvalue weighted by atomic mass is 16.5. The number of hydrogen-bond donors (Lipinski definition) is 1. The molecule has 0 saturated carbocycles. The van der Waals surface area contributed by atoms with Gasteiger partial charge in [-0.15, -0.1) is 0 Å². The Labute approximate surface area is 176 Å². The smallest absolute Gasteiger partial charge is 0.253 e. The zero-order valence-corrected chi connectivity index (χ0v) is 17.4. The molecule has 3 amide bonds. The van der Waals surface area contributed by atoms with Gasteiger partial charge in [-0.1, -0.05) is 12.1 Å². The molecule has 0 fully saturated rings. The summed E-state index contributed by atoms with van der Waals surface area (Å²) in [7, 11) is 0. The standard InChI is InChI=1S/C23H27N3O4/c1-3-25(4-2)23(29)17-9-11-18(12-10-17)24-21(27)13-14-22(28)26-15-16-30-20-8-6-5-7-19(20)26/h5-12H,3-4,13-16H2,1-2H3,(H,24,27). The zero-order valence-electron chi connectivity index (χ0n) is 17.4. The minimum atomic E-state index is -0.243. The highest BCUT2D eigenvalue weighted by Crippen LogP contribution is 2.31. The lowest BCUT2D eigenvalue weighted by atomic mass is 10.1. The van der Waals surface area contributed by atoms with Crippen LogP contribution in [0, 0.1) is 0 Å². The third-order valence-corrected chi connectivity index (χ3v) is 5.06. The molecule has 158 valence electrons. The van der Waals surface area contributed by atoms with Crippen molar-refractivity contribution in [3.8, 4) is 5.75 Å². The average molecular weight is 409 g/mol. The topological polar surface area (TPSA) is 79.0 Å². The van der Waals surface area contributed by atoms with Crippen LogP contribution < -0.4 is 15.0 Å². The van der Waals surface area contributed by atoms with E-state index in [-0.39, 0.29) is 30.6 Å². The highest BCUT2D eigenvalue weighted by Gasteiger charge is 2.23. The van der Waals surface area contributed by atoms with Crippen molar-refractivity contribution in [1.82, 2.24) is 4.90 Å². The molecule has 0 bridgehead atoms. The number of nitrogens with one attached hydrogen (secondary N) is 1. The molecule has 0 spiro atoms. The predicted octanol–water partition coefficient (Wildman–Crippen LogP) is 3.31. The maximum atomic E-state index is 12.6. The van der Waals surface area contributed by atoms with Crippen molar-refractivity contribution < 1.29 is 19.1 Å². The molecule has 7 nitrogen and oxygen atoms in total. The first-order valence-corrected chi connectivity index (χ1v) is 10.2. The molecular weight excluding hydrogens is 382 g/mol. The number of benzene rings is 2. The van der Waals surface area contributed by atoms with E-state index in [4.69, 9.17) is 4.74 Å². The van der Waals surface area contributed by atoms with Gasteiger partial charge < -0.3 is 19.9 Å². The molecule has 2 aromatic carbocycles. The Hall–Kier alpha value is -3.35. The SMILES string of the molecule is CCN(CC)C(=O)c1ccc(NC(=O)CCC(=O)N2CCOc3ccccc32)cc1. The minimum absolute atomic E-state index is 0.0331. The van der Waals surface area contributed by atoms with Crippen LogP contribution in [0.3, 0.4) is 0 Å². The van der Waals surface area contributed by atoms with Gasteiger partial charge >= 0.3 is 0 Å². The Bertz CT molecular complexity index is 907. The maximum Gasteiger partial charge on any atom is 0.253 e. The van der Waals surface area contributed by atoms with E-state index in [9.17, 15) is 14.4 Å². The lowest BCUT2D eigenvalue weighted by Gasteiger charge is -2.29. The Balaban J connectivity index is 1.53. The average Bonchev–Trinajstić information content (AvgIpc) is 2.78. The van der Waals surface area contributed by atoms with Gasteiger partial charge in [0.05, 0.1) is 12.2 Å². The third kappa shape index (κ3) is 4.97. The van der Waals surface area contributed by atoms with E-state index in [2.05, 4.69) is 5.32 Å². The zero-order chi connectivity index (χ0) is 21.5. The van der Waals surface area contributed by atoms with Crippen LogP contribution in [0.25, 0.3) is 0 Å². The maximum absolute atomic E-state index is 12.6. The molecule has 0 saturated heterocycles. The van der Waals surface area contributed by atoms with Gasteiger partial charge in [0.2, 0.25) is 11.8 Å². The van der Waals surface area contributed by atoms with Crippen molar-refractivity contribution in [3.63, 3.8) is 0 Å². The third-order valence-electron chi connectivity index (χ3n) is 5.06. The fraction of sp³-hybridized carbons (Fsp3) is 0.348. The van der Waals surface area contributed by atoms with E-state index in [1.54, 1.807) is 34.1 Å². The molecule has 0 aromatic heterocycles. The Morgan fingerprint density at radius 3 is 2.40 bits per heavy atom. The van der Waals surface area contributed by atoms with Crippen LogP contribution >= 0.6 is 0 Å². The summed E-state index contributed by atoms with van der Waals surface area (Å²) in [6, 6.07) is 14.2. The molecule has 1 aliphatic heterocycles. The van der Waals surface area contributed by atoms with Crippen LogP contribution in [0.1, 0.15) is 37.0 Å². The van der Waals surface area contributed by atoms with Crippen molar-refractivity contribution in [1.29, 1.82) is 0 Å². The first-order chi connectivity index (χ1) is 14.5. The van der Waals surface area contributed by atoms with Crippen LogP contribution in [0.4, 0.5) is 11.4 Å². The second-order valence-electron chi connectivity index (χ2n) is 6.96. The second-order valence-corrected chi connectivity index (χ2v) is 6.96. The van der Waals surface area contributed by atoms with Crippen molar-refractivity contribution in [2.75, 3.05) is 36.5 Å². The minimum Gasteiger partial charge on any atom is -0.490 e. The fourth-order valence-corrected chi connectivity index (χ4v) is 3.40. The van der Waals surface area contributed by atoms with Gasteiger partial charge in [0.25, 0.3) is 5.91 Å². The van der Waals surface area contributed by atoms with Crippen LogP contribution in [-0.4, -0.2) is 48.9 Å².